The van der Waals surface area contributed by atoms with Crippen molar-refractivity contribution in [2.75, 3.05) is 20.2 Å². The zero-order valence-electron chi connectivity index (χ0n) is 12.2. The van der Waals surface area contributed by atoms with Crippen molar-refractivity contribution in [3.8, 4) is 5.75 Å². The van der Waals surface area contributed by atoms with Crippen molar-refractivity contribution in [2.24, 2.45) is 0 Å². The number of methoxy groups -OCH3 is 1. The molecule has 4 nitrogen and oxygen atoms in total. The molecule has 0 aliphatic carbocycles. The van der Waals surface area contributed by atoms with Gasteiger partial charge in [-0.2, -0.15) is 0 Å². The zero-order valence-corrected chi connectivity index (χ0v) is 12.2. The number of amides is 1. The van der Waals surface area contributed by atoms with E-state index in [-0.39, 0.29) is 5.91 Å². The van der Waals surface area contributed by atoms with Gasteiger partial charge in [0, 0.05) is 19.0 Å². The topological polar surface area (TPSA) is 50.4 Å². The number of hydrogen-bond acceptors (Lipinski definition) is 3. The summed E-state index contributed by atoms with van der Waals surface area (Å²) in [4.78, 5) is 11.7. The maximum Gasteiger partial charge on any atom is 0.220 e. The average Bonchev–Trinajstić information content (AvgIpc) is 2.99. The van der Waals surface area contributed by atoms with Crippen LogP contribution in [0.4, 0.5) is 0 Å². The summed E-state index contributed by atoms with van der Waals surface area (Å²) in [7, 11) is 1.66. The Morgan fingerprint density at radius 1 is 1.40 bits per heavy atom. The molecule has 0 bridgehead atoms. The second-order valence-electron chi connectivity index (χ2n) is 5.28. The van der Waals surface area contributed by atoms with E-state index in [9.17, 15) is 4.79 Å². The molecular formula is C16H24N2O2. The molecule has 110 valence electrons. The van der Waals surface area contributed by atoms with Gasteiger partial charge in [0.25, 0.3) is 0 Å². The molecule has 1 fully saturated rings. The summed E-state index contributed by atoms with van der Waals surface area (Å²) < 4.78 is 5.12. The molecule has 1 heterocycles. The van der Waals surface area contributed by atoms with Crippen LogP contribution in [0.1, 0.15) is 31.2 Å². The van der Waals surface area contributed by atoms with E-state index < -0.39 is 0 Å². The lowest BCUT2D eigenvalue weighted by Gasteiger charge is -2.10. The van der Waals surface area contributed by atoms with E-state index in [4.69, 9.17) is 4.74 Å². The van der Waals surface area contributed by atoms with Crippen molar-refractivity contribution >= 4 is 5.91 Å². The highest BCUT2D eigenvalue weighted by atomic mass is 16.5. The molecule has 20 heavy (non-hydrogen) atoms. The molecular weight excluding hydrogens is 252 g/mol. The molecule has 1 aromatic carbocycles. The Hall–Kier alpha value is -1.55. The summed E-state index contributed by atoms with van der Waals surface area (Å²) in [6, 6.07) is 8.51. The SMILES string of the molecule is COc1ccc(CCNC(=O)CCC2CCCN2)cc1. The molecule has 0 radical (unpaired) electrons. The normalized spacial score (nSPS) is 17.9. The molecule has 1 aromatic rings. The molecule has 1 aliphatic rings. The summed E-state index contributed by atoms with van der Waals surface area (Å²) in [5.41, 5.74) is 1.21. The van der Waals surface area contributed by atoms with Crippen molar-refractivity contribution in [3.63, 3.8) is 0 Å². The predicted molar refractivity (Wildman–Crippen MR) is 80.0 cm³/mol. The lowest BCUT2D eigenvalue weighted by atomic mass is 10.1. The van der Waals surface area contributed by atoms with Gasteiger partial charge in [-0.3, -0.25) is 4.79 Å². The fourth-order valence-corrected chi connectivity index (χ4v) is 2.54. The van der Waals surface area contributed by atoms with E-state index in [0.717, 1.165) is 25.1 Å². The predicted octanol–water partition coefficient (Wildman–Crippen LogP) is 1.89. The molecule has 1 saturated heterocycles. The average molecular weight is 276 g/mol. The number of rotatable bonds is 7. The smallest absolute Gasteiger partial charge is 0.220 e. The van der Waals surface area contributed by atoms with Crippen molar-refractivity contribution < 1.29 is 9.53 Å². The van der Waals surface area contributed by atoms with Crippen molar-refractivity contribution in [2.45, 2.75) is 38.1 Å². The van der Waals surface area contributed by atoms with Crippen molar-refractivity contribution in [1.82, 2.24) is 10.6 Å². The van der Waals surface area contributed by atoms with Crippen LogP contribution in [0.5, 0.6) is 5.75 Å². The molecule has 1 atom stereocenters. The van der Waals surface area contributed by atoms with Crippen LogP contribution < -0.4 is 15.4 Å². The molecule has 4 heteroatoms. The van der Waals surface area contributed by atoms with Gasteiger partial charge in [-0.1, -0.05) is 12.1 Å². The zero-order chi connectivity index (χ0) is 14.2. The molecule has 0 saturated carbocycles. The first-order valence-corrected chi connectivity index (χ1v) is 7.41. The number of hydrogen-bond donors (Lipinski definition) is 2. The van der Waals surface area contributed by atoms with Gasteiger partial charge >= 0.3 is 0 Å². The van der Waals surface area contributed by atoms with Crippen LogP contribution in [-0.4, -0.2) is 32.1 Å². The van der Waals surface area contributed by atoms with E-state index in [1.807, 2.05) is 24.3 Å². The Labute approximate surface area is 120 Å². The quantitative estimate of drug-likeness (QED) is 0.799. The summed E-state index contributed by atoms with van der Waals surface area (Å²) in [5.74, 6) is 1.02. The largest absolute Gasteiger partial charge is 0.497 e. The number of ether oxygens (including phenoxy) is 1. The highest BCUT2D eigenvalue weighted by Crippen LogP contribution is 2.12. The standard InChI is InChI=1S/C16H24N2O2/c1-20-15-7-4-13(5-8-15)10-12-18-16(19)9-6-14-3-2-11-17-14/h4-5,7-8,14,17H,2-3,6,9-12H2,1H3,(H,18,19). The van der Waals surface area contributed by atoms with Crippen LogP contribution in [0.15, 0.2) is 24.3 Å². The lowest BCUT2D eigenvalue weighted by molar-refractivity contribution is -0.121. The third-order valence-corrected chi connectivity index (χ3v) is 3.78. The number of carbonyl (C=O) groups excluding carboxylic acids is 1. The van der Waals surface area contributed by atoms with E-state index in [0.29, 0.717) is 19.0 Å². The van der Waals surface area contributed by atoms with E-state index in [2.05, 4.69) is 10.6 Å². The third kappa shape index (κ3) is 4.85. The van der Waals surface area contributed by atoms with E-state index in [1.165, 1.54) is 18.4 Å². The van der Waals surface area contributed by atoms with Gasteiger partial charge in [0.05, 0.1) is 7.11 Å². The first-order chi connectivity index (χ1) is 9.78. The van der Waals surface area contributed by atoms with Gasteiger partial charge in [0.2, 0.25) is 5.91 Å². The minimum absolute atomic E-state index is 0.159. The molecule has 1 amide bonds. The first-order valence-electron chi connectivity index (χ1n) is 7.41. The fourth-order valence-electron chi connectivity index (χ4n) is 2.54. The van der Waals surface area contributed by atoms with E-state index >= 15 is 0 Å². The summed E-state index contributed by atoms with van der Waals surface area (Å²) >= 11 is 0. The fraction of sp³-hybridized carbons (Fsp3) is 0.562. The highest BCUT2D eigenvalue weighted by Gasteiger charge is 2.14. The van der Waals surface area contributed by atoms with E-state index in [1.54, 1.807) is 7.11 Å². The second-order valence-corrected chi connectivity index (χ2v) is 5.28. The monoisotopic (exact) mass is 276 g/mol. The Balaban J connectivity index is 1.60. The van der Waals surface area contributed by atoms with Gasteiger partial charge in [-0.15, -0.1) is 0 Å². The lowest BCUT2D eigenvalue weighted by Crippen LogP contribution is -2.28. The van der Waals surface area contributed by atoms with Crippen LogP contribution in [0.2, 0.25) is 0 Å². The van der Waals surface area contributed by atoms with Crippen molar-refractivity contribution in [1.29, 1.82) is 0 Å². The van der Waals surface area contributed by atoms with Gasteiger partial charge < -0.3 is 15.4 Å². The highest BCUT2D eigenvalue weighted by molar-refractivity contribution is 5.75. The molecule has 2 N–H and O–H groups in total. The number of nitrogens with one attached hydrogen (secondary N) is 2. The Bertz CT molecular complexity index is 411. The molecule has 1 unspecified atom stereocenters. The van der Waals surface area contributed by atoms with Crippen LogP contribution in [-0.2, 0) is 11.2 Å². The second kappa shape index (κ2) is 7.90. The van der Waals surface area contributed by atoms with Gasteiger partial charge in [-0.25, -0.2) is 0 Å². The van der Waals surface area contributed by atoms with Crippen LogP contribution in [0, 0.1) is 0 Å². The first kappa shape index (κ1) is 14.9. The minimum Gasteiger partial charge on any atom is -0.497 e. The third-order valence-electron chi connectivity index (χ3n) is 3.78. The number of carbonyl (C=O) groups is 1. The number of benzene rings is 1. The minimum atomic E-state index is 0.159. The molecule has 2 rings (SSSR count). The Kier molecular flexibility index (Phi) is 5.87. The van der Waals surface area contributed by atoms with Gasteiger partial charge in [-0.05, 0) is 49.9 Å². The van der Waals surface area contributed by atoms with Crippen LogP contribution >= 0.6 is 0 Å². The van der Waals surface area contributed by atoms with Crippen LogP contribution in [0.3, 0.4) is 0 Å². The van der Waals surface area contributed by atoms with Crippen LogP contribution in [0.25, 0.3) is 0 Å². The Morgan fingerprint density at radius 2 is 2.20 bits per heavy atom. The van der Waals surface area contributed by atoms with Gasteiger partial charge in [0.15, 0.2) is 0 Å². The van der Waals surface area contributed by atoms with Crippen molar-refractivity contribution in [3.05, 3.63) is 29.8 Å². The Morgan fingerprint density at radius 3 is 2.85 bits per heavy atom. The molecule has 1 aliphatic heterocycles. The maximum atomic E-state index is 11.7. The summed E-state index contributed by atoms with van der Waals surface area (Å²) in [6.07, 6.45) is 4.88. The molecule has 0 aromatic heterocycles. The van der Waals surface area contributed by atoms with Gasteiger partial charge in [0.1, 0.15) is 5.75 Å². The summed E-state index contributed by atoms with van der Waals surface area (Å²) in [5, 5.41) is 6.40. The molecule has 0 spiro atoms. The maximum absolute atomic E-state index is 11.7. The summed E-state index contributed by atoms with van der Waals surface area (Å²) in [6.45, 7) is 1.80.